The average Bonchev–Trinajstić information content (AvgIpc) is 2.16. The van der Waals surface area contributed by atoms with Crippen LogP contribution in [0.25, 0.3) is 0 Å². The molecule has 1 rings (SSSR count). The lowest BCUT2D eigenvalue weighted by Crippen LogP contribution is -2.67. The first-order chi connectivity index (χ1) is 6.83. The Labute approximate surface area is 91.1 Å². The molecule has 1 heterocycles. The summed E-state index contributed by atoms with van der Waals surface area (Å²) >= 11 is 0. The van der Waals surface area contributed by atoms with Gasteiger partial charge in [0, 0.05) is 5.92 Å². The van der Waals surface area contributed by atoms with Crippen molar-refractivity contribution in [1.82, 2.24) is 0 Å². The zero-order valence-corrected chi connectivity index (χ0v) is 9.86. The molecule has 0 aromatic heterocycles. The van der Waals surface area contributed by atoms with E-state index in [9.17, 15) is 9.90 Å². The van der Waals surface area contributed by atoms with Gasteiger partial charge in [-0.1, -0.05) is 0 Å². The molecule has 1 aliphatic heterocycles. The van der Waals surface area contributed by atoms with Gasteiger partial charge in [0.25, 0.3) is 0 Å². The van der Waals surface area contributed by atoms with Gasteiger partial charge in [0.15, 0.2) is 0 Å². The van der Waals surface area contributed by atoms with E-state index in [1.54, 1.807) is 0 Å². The van der Waals surface area contributed by atoms with Gasteiger partial charge < -0.3 is 10.2 Å². The zero-order chi connectivity index (χ0) is 11.7. The lowest BCUT2D eigenvalue weighted by atomic mass is 9.90. The monoisotopic (exact) mass is 216 g/mol. The third-order valence-corrected chi connectivity index (χ3v) is 3.63. The first kappa shape index (κ1) is 12.5. The van der Waals surface area contributed by atoms with Gasteiger partial charge in [-0.05, 0) is 33.6 Å². The molecular weight excluding hydrogens is 194 g/mol. The van der Waals surface area contributed by atoms with E-state index >= 15 is 0 Å². The Morgan fingerprint density at radius 1 is 1.47 bits per heavy atom. The average molecular weight is 216 g/mol. The fourth-order valence-electron chi connectivity index (χ4n) is 2.49. The van der Waals surface area contributed by atoms with Crippen molar-refractivity contribution in [3.8, 4) is 0 Å². The third kappa shape index (κ3) is 2.16. The molecule has 2 atom stereocenters. The fraction of sp³-hybridized carbons (Fsp3) is 0.909. The van der Waals surface area contributed by atoms with Gasteiger partial charge in [0.1, 0.15) is 5.54 Å². The number of nitrogens with zero attached hydrogens (tertiary/aromatic N) is 1. The highest BCUT2D eigenvalue weighted by Gasteiger charge is 2.50. The van der Waals surface area contributed by atoms with Crippen molar-refractivity contribution in [1.29, 1.82) is 0 Å². The highest BCUT2D eigenvalue weighted by molar-refractivity contribution is 5.57. The predicted molar refractivity (Wildman–Crippen MR) is 57.6 cm³/mol. The number of aliphatic hydroxyl groups excluding tert-OH is 1. The van der Waals surface area contributed by atoms with Crippen molar-refractivity contribution in [2.75, 3.05) is 19.7 Å². The summed E-state index contributed by atoms with van der Waals surface area (Å²) in [6, 6.07) is 0. The minimum atomic E-state index is -0.763. The molecule has 2 N–H and O–H groups in total. The minimum Gasteiger partial charge on any atom is -0.435 e. The molecule has 4 heteroatoms. The van der Waals surface area contributed by atoms with Crippen molar-refractivity contribution in [3.63, 3.8) is 0 Å². The Balaban J connectivity index is 2.96. The maximum atomic E-state index is 11.5. The smallest absolute Gasteiger partial charge is 0.435 e. The van der Waals surface area contributed by atoms with Gasteiger partial charge in [-0.25, -0.2) is 4.48 Å². The lowest BCUT2D eigenvalue weighted by molar-refractivity contribution is -0.911. The number of hydrogen-bond acceptors (Lipinski definition) is 2. The normalized spacial score (nSPS) is 32.7. The Morgan fingerprint density at radius 2 is 2.07 bits per heavy atom. The van der Waals surface area contributed by atoms with Crippen LogP contribution in [0.15, 0.2) is 0 Å². The molecule has 4 nitrogen and oxygen atoms in total. The van der Waals surface area contributed by atoms with E-state index in [1.807, 2.05) is 20.8 Å². The number of aliphatic hydroxyl groups is 1. The van der Waals surface area contributed by atoms with Crippen molar-refractivity contribution < 1.29 is 19.5 Å². The van der Waals surface area contributed by atoms with Gasteiger partial charge in [-0.2, -0.15) is 4.79 Å². The van der Waals surface area contributed by atoms with Crippen molar-refractivity contribution in [2.24, 2.45) is 5.92 Å². The van der Waals surface area contributed by atoms with Crippen molar-refractivity contribution >= 4 is 6.09 Å². The maximum Gasteiger partial charge on any atom is 0.513 e. The summed E-state index contributed by atoms with van der Waals surface area (Å²) in [6.45, 7) is 7.21. The van der Waals surface area contributed by atoms with Gasteiger partial charge in [-0.3, -0.25) is 0 Å². The Kier molecular flexibility index (Phi) is 3.41. The van der Waals surface area contributed by atoms with Gasteiger partial charge >= 0.3 is 6.09 Å². The number of piperidine rings is 1. The van der Waals surface area contributed by atoms with Gasteiger partial charge in [-0.15, -0.1) is 0 Å². The zero-order valence-electron chi connectivity index (χ0n) is 9.86. The van der Waals surface area contributed by atoms with Crippen LogP contribution in [-0.2, 0) is 0 Å². The highest BCUT2D eigenvalue weighted by atomic mass is 16.4. The standard InChI is InChI=1S/C11H21NO3/c1-11(2,3)12(10(14)15)6-4-5-9(7-12)8-13/h9,13H,4-8H2,1-3H3/p+1/t9-,12?/m0/s1. The molecule has 15 heavy (non-hydrogen) atoms. The molecule has 0 aromatic rings. The second kappa shape index (κ2) is 4.10. The number of amides is 1. The molecule has 1 amide bonds. The van der Waals surface area contributed by atoms with Crippen LogP contribution in [0.4, 0.5) is 4.79 Å². The highest BCUT2D eigenvalue weighted by Crippen LogP contribution is 2.32. The molecule has 0 radical (unpaired) electrons. The Morgan fingerprint density at radius 3 is 2.47 bits per heavy atom. The SMILES string of the molecule is CC(C)(C)[N+]1(C(=O)O)CCC[C@H](CO)C1. The van der Waals surface area contributed by atoms with E-state index in [-0.39, 0.29) is 22.5 Å². The molecule has 0 aliphatic carbocycles. The quantitative estimate of drug-likeness (QED) is 0.656. The Hall–Kier alpha value is -0.610. The van der Waals surface area contributed by atoms with Gasteiger partial charge in [0.2, 0.25) is 0 Å². The summed E-state index contributed by atoms with van der Waals surface area (Å²) < 4.78 is 0.0816. The third-order valence-electron chi connectivity index (χ3n) is 3.63. The minimum absolute atomic E-state index is 0.0816. The van der Waals surface area contributed by atoms with Crippen LogP contribution in [0.3, 0.4) is 0 Å². The molecule has 88 valence electrons. The molecule has 1 saturated heterocycles. The number of carbonyl (C=O) groups is 1. The molecule has 0 saturated carbocycles. The second-order valence-corrected chi connectivity index (χ2v) is 5.52. The maximum absolute atomic E-state index is 11.5. The topological polar surface area (TPSA) is 57.5 Å². The molecule has 0 aromatic carbocycles. The number of likely N-dealkylation sites (tertiary alicyclic amines) is 1. The van der Waals surface area contributed by atoms with Crippen LogP contribution in [0.5, 0.6) is 0 Å². The number of carboxylic acid groups (broad SMARTS) is 1. The second-order valence-electron chi connectivity index (χ2n) is 5.52. The van der Waals surface area contributed by atoms with E-state index in [0.717, 1.165) is 12.8 Å². The van der Waals surface area contributed by atoms with E-state index in [0.29, 0.717) is 13.1 Å². The van der Waals surface area contributed by atoms with Gasteiger partial charge in [0.05, 0.1) is 19.7 Å². The summed E-state index contributed by atoms with van der Waals surface area (Å²) in [5.41, 5.74) is -0.306. The van der Waals surface area contributed by atoms with Crippen molar-refractivity contribution in [2.45, 2.75) is 39.2 Å². The van der Waals surface area contributed by atoms with E-state index < -0.39 is 6.09 Å². The summed E-state index contributed by atoms with van der Waals surface area (Å²) in [5.74, 6) is 0.133. The van der Waals surface area contributed by atoms with E-state index in [2.05, 4.69) is 0 Å². The largest absolute Gasteiger partial charge is 0.513 e. The van der Waals surface area contributed by atoms with E-state index in [1.165, 1.54) is 0 Å². The van der Waals surface area contributed by atoms with Crippen LogP contribution in [-0.4, -0.2) is 46.0 Å². The molecule has 0 spiro atoms. The number of rotatable bonds is 1. The summed E-state index contributed by atoms with van der Waals surface area (Å²) in [4.78, 5) is 11.5. The Bertz CT molecular complexity index is 247. The number of hydrogen-bond donors (Lipinski definition) is 2. The van der Waals surface area contributed by atoms with Crippen LogP contribution in [0.2, 0.25) is 0 Å². The first-order valence-electron chi connectivity index (χ1n) is 5.55. The van der Waals surface area contributed by atoms with E-state index in [4.69, 9.17) is 5.11 Å². The number of quaternary nitrogens is 1. The van der Waals surface area contributed by atoms with Crippen LogP contribution < -0.4 is 0 Å². The first-order valence-corrected chi connectivity index (χ1v) is 5.55. The lowest BCUT2D eigenvalue weighted by Gasteiger charge is -2.47. The molecule has 1 unspecified atom stereocenters. The van der Waals surface area contributed by atoms with Crippen LogP contribution in [0.1, 0.15) is 33.6 Å². The predicted octanol–water partition coefficient (Wildman–Crippen LogP) is 1.68. The summed E-state index contributed by atoms with van der Waals surface area (Å²) in [6.07, 6.45) is 1.06. The van der Waals surface area contributed by atoms with Crippen molar-refractivity contribution in [3.05, 3.63) is 0 Å². The summed E-state index contributed by atoms with van der Waals surface area (Å²) in [7, 11) is 0. The van der Waals surface area contributed by atoms with Crippen LogP contribution >= 0.6 is 0 Å². The molecule has 1 fully saturated rings. The fourth-order valence-corrected chi connectivity index (χ4v) is 2.49. The van der Waals surface area contributed by atoms with Crippen LogP contribution in [0, 0.1) is 5.92 Å². The summed E-state index contributed by atoms with van der Waals surface area (Å²) in [5, 5.41) is 18.6. The molecular formula is C11H22NO3+. The molecule has 1 aliphatic rings. The molecule has 0 bridgehead atoms.